The number of nitrogens with zero attached hydrogens (tertiary/aromatic N) is 3. The van der Waals surface area contributed by atoms with Gasteiger partial charge in [-0.3, -0.25) is 0 Å². The molecular formula is C13H19ClN4. The van der Waals surface area contributed by atoms with E-state index in [0.29, 0.717) is 17.7 Å². The van der Waals surface area contributed by atoms with E-state index < -0.39 is 0 Å². The summed E-state index contributed by atoms with van der Waals surface area (Å²) >= 11 is 5.73. The molecule has 0 spiro atoms. The fraction of sp³-hybridized carbons (Fsp3) is 0.538. The monoisotopic (exact) mass is 266 g/mol. The van der Waals surface area contributed by atoms with Crippen LogP contribution in [0.3, 0.4) is 0 Å². The second-order valence-corrected chi connectivity index (χ2v) is 5.22. The summed E-state index contributed by atoms with van der Waals surface area (Å²) in [6.07, 6.45) is 4.12. The van der Waals surface area contributed by atoms with E-state index in [4.69, 9.17) is 17.3 Å². The number of halogens is 1. The van der Waals surface area contributed by atoms with E-state index in [1.807, 2.05) is 6.07 Å². The first-order valence-corrected chi connectivity index (χ1v) is 6.68. The van der Waals surface area contributed by atoms with Gasteiger partial charge in [0.15, 0.2) is 5.96 Å². The molecule has 0 radical (unpaired) electrons. The van der Waals surface area contributed by atoms with Crippen molar-refractivity contribution in [3.05, 3.63) is 29.0 Å². The third-order valence-electron chi connectivity index (χ3n) is 3.32. The summed E-state index contributed by atoms with van der Waals surface area (Å²) in [4.78, 5) is 10.6. The van der Waals surface area contributed by atoms with Crippen molar-refractivity contribution >= 4 is 17.6 Å². The predicted octanol–water partition coefficient (Wildman–Crippen LogP) is 2.28. The molecule has 0 aliphatic carbocycles. The Bertz CT molecular complexity index is 408. The molecule has 1 aromatic heterocycles. The summed E-state index contributed by atoms with van der Waals surface area (Å²) in [5, 5.41) is 0.501. The Morgan fingerprint density at radius 3 is 2.83 bits per heavy atom. The fourth-order valence-electron chi connectivity index (χ4n) is 2.01. The van der Waals surface area contributed by atoms with Crippen molar-refractivity contribution in [2.45, 2.75) is 26.3 Å². The van der Waals surface area contributed by atoms with Crippen LogP contribution >= 0.6 is 11.6 Å². The largest absolute Gasteiger partial charge is 0.370 e. The lowest BCUT2D eigenvalue weighted by Crippen LogP contribution is -2.42. The van der Waals surface area contributed by atoms with Crippen LogP contribution in [0.15, 0.2) is 23.3 Å². The lowest BCUT2D eigenvalue weighted by Gasteiger charge is -2.31. The second kappa shape index (κ2) is 6.05. The molecule has 0 saturated carbocycles. The molecule has 0 aromatic carbocycles. The Hall–Kier alpha value is -1.29. The third kappa shape index (κ3) is 3.60. The zero-order valence-electron chi connectivity index (χ0n) is 10.6. The van der Waals surface area contributed by atoms with Gasteiger partial charge < -0.3 is 10.6 Å². The van der Waals surface area contributed by atoms with Gasteiger partial charge in [-0.15, -0.1) is 0 Å². The number of rotatable bonds is 2. The Labute approximate surface area is 113 Å². The van der Waals surface area contributed by atoms with Crippen LogP contribution in [-0.4, -0.2) is 28.9 Å². The predicted molar refractivity (Wildman–Crippen MR) is 74.5 cm³/mol. The maximum absolute atomic E-state index is 6.00. The highest BCUT2D eigenvalue weighted by Gasteiger charge is 2.16. The van der Waals surface area contributed by atoms with Gasteiger partial charge in [-0.05, 0) is 30.4 Å². The summed E-state index contributed by atoms with van der Waals surface area (Å²) in [5.41, 5.74) is 7.02. The highest BCUT2D eigenvalue weighted by atomic mass is 35.5. The van der Waals surface area contributed by atoms with Crippen LogP contribution in [0, 0.1) is 5.92 Å². The maximum atomic E-state index is 6.00. The van der Waals surface area contributed by atoms with Crippen molar-refractivity contribution in [3.8, 4) is 0 Å². The number of hydrogen-bond donors (Lipinski definition) is 1. The van der Waals surface area contributed by atoms with Gasteiger partial charge in [0.05, 0.1) is 6.54 Å². The Balaban J connectivity index is 1.90. The van der Waals surface area contributed by atoms with Gasteiger partial charge >= 0.3 is 0 Å². The maximum Gasteiger partial charge on any atom is 0.191 e. The average molecular weight is 267 g/mol. The van der Waals surface area contributed by atoms with Gasteiger partial charge in [0.2, 0.25) is 0 Å². The van der Waals surface area contributed by atoms with Crippen molar-refractivity contribution in [2.24, 2.45) is 16.6 Å². The van der Waals surface area contributed by atoms with E-state index in [1.54, 1.807) is 12.3 Å². The first kappa shape index (κ1) is 13.1. The number of hydrogen-bond acceptors (Lipinski definition) is 2. The number of aliphatic imine (C=N–C) groups is 1. The normalized spacial score (nSPS) is 18.1. The second-order valence-electron chi connectivity index (χ2n) is 4.83. The van der Waals surface area contributed by atoms with Gasteiger partial charge in [0, 0.05) is 19.3 Å². The molecule has 1 aliphatic heterocycles. The van der Waals surface area contributed by atoms with E-state index in [1.165, 1.54) is 12.8 Å². The lowest BCUT2D eigenvalue weighted by atomic mass is 10.00. The molecule has 1 aromatic rings. The quantitative estimate of drug-likeness (QED) is 0.508. The van der Waals surface area contributed by atoms with Crippen LogP contribution in [0.25, 0.3) is 0 Å². The van der Waals surface area contributed by atoms with Gasteiger partial charge in [0.1, 0.15) is 5.15 Å². The van der Waals surface area contributed by atoms with E-state index in [9.17, 15) is 0 Å². The van der Waals surface area contributed by atoms with Crippen LogP contribution in [0.5, 0.6) is 0 Å². The van der Waals surface area contributed by atoms with E-state index in [-0.39, 0.29) is 0 Å². The third-order valence-corrected chi connectivity index (χ3v) is 3.54. The van der Waals surface area contributed by atoms with Gasteiger partial charge in [-0.2, -0.15) is 0 Å². The Morgan fingerprint density at radius 1 is 1.50 bits per heavy atom. The number of pyridine rings is 1. The summed E-state index contributed by atoms with van der Waals surface area (Å²) in [7, 11) is 0. The molecule has 2 rings (SSSR count). The van der Waals surface area contributed by atoms with Crippen LogP contribution in [0.1, 0.15) is 25.3 Å². The summed E-state index contributed by atoms with van der Waals surface area (Å²) in [6, 6.07) is 3.69. The van der Waals surface area contributed by atoms with E-state index >= 15 is 0 Å². The number of likely N-dealkylation sites (tertiary alicyclic amines) is 1. The highest BCUT2D eigenvalue weighted by molar-refractivity contribution is 6.29. The standard InChI is InChI=1S/C13H19ClN4/c1-10-4-6-18(7-5-10)13(15)17-9-11-2-3-12(14)16-8-11/h2-3,8,10H,4-7,9H2,1H3,(H2,15,17). The minimum absolute atomic E-state index is 0.501. The Morgan fingerprint density at radius 2 is 2.22 bits per heavy atom. The molecule has 18 heavy (non-hydrogen) atoms. The van der Waals surface area contributed by atoms with Crippen molar-refractivity contribution in [2.75, 3.05) is 13.1 Å². The van der Waals surface area contributed by atoms with Crippen LogP contribution in [0.4, 0.5) is 0 Å². The average Bonchev–Trinajstić information content (AvgIpc) is 2.38. The molecule has 1 saturated heterocycles. The van der Waals surface area contributed by atoms with Crippen molar-refractivity contribution in [3.63, 3.8) is 0 Å². The molecule has 4 nitrogen and oxygen atoms in total. The summed E-state index contributed by atoms with van der Waals surface area (Å²) in [6.45, 7) is 4.86. The number of piperidine rings is 1. The molecule has 98 valence electrons. The van der Waals surface area contributed by atoms with Gasteiger partial charge in [-0.1, -0.05) is 24.6 Å². The molecule has 2 N–H and O–H groups in total. The first-order valence-electron chi connectivity index (χ1n) is 6.30. The van der Waals surface area contributed by atoms with Crippen LogP contribution < -0.4 is 5.73 Å². The molecule has 0 unspecified atom stereocenters. The number of guanidine groups is 1. The molecule has 5 heteroatoms. The van der Waals surface area contributed by atoms with Crippen LogP contribution in [-0.2, 0) is 6.54 Å². The topological polar surface area (TPSA) is 54.5 Å². The van der Waals surface area contributed by atoms with Gasteiger partial charge in [0.25, 0.3) is 0 Å². The van der Waals surface area contributed by atoms with E-state index in [2.05, 4.69) is 21.8 Å². The van der Waals surface area contributed by atoms with Gasteiger partial charge in [-0.25, -0.2) is 9.98 Å². The minimum Gasteiger partial charge on any atom is -0.370 e. The molecule has 0 atom stereocenters. The zero-order chi connectivity index (χ0) is 13.0. The molecule has 1 fully saturated rings. The minimum atomic E-state index is 0.501. The number of aromatic nitrogens is 1. The summed E-state index contributed by atoms with van der Waals surface area (Å²) in [5.74, 6) is 1.44. The molecule has 0 amide bonds. The SMILES string of the molecule is CC1CCN(C(N)=NCc2ccc(Cl)nc2)CC1. The van der Waals surface area contributed by atoms with Crippen molar-refractivity contribution in [1.29, 1.82) is 0 Å². The summed E-state index contributed by atoms with van der Waals surface area (Å²) < 4.78 is 0. The van der Waals surface area contributed by atoms with Crippen LogP contribution in [0.2, 0.25) is 5.15 Å². The highest BCUT2D eigenvalue weighted by Crippen LogP contribution is 2.15. The van der Waals surface area contributed by atoms with Crippen molar-refractivity contribution in [1.82, 2.24) is 9.88 Å². The lowest BCUT2D eigenvalue weighted by molar-refractivity contribution is 0.277. The van der Waals surface area contributed by atoms with Crippen molar-refractivity contribution < 1.29 is 0 Å². The molecule has 1 aliphatic rings. The Kier molecular flexibility index (Phi) is 4.42. The van der Waals surface area contributed by atoms with E-state index in [0.717, 1.165) is 24.6 Å². The zero-order valence-corrected chi connectivity index (χ0v) is 11.4. The molecular weight excluding hydrogens is 248 g/mol. The smallest absolute Gasteiger partial charge is 0.191 e. The molecule has 0 bridgehead atoms. The fourth-order valence-corrected chi connectivity index (χ4v) is 2.12. The first-order chi connectivity index (χ1) is 8.65. The number of nitrogens with two attached hydrogens (primary N) is 1. The molecule has 2 heterocycles.